The second kappa shape index (κ2) is 6.30. The number of hydrogen-bond acceptors (Lipinski definition) is 4. The lowest BCUT2D eigenvalue weighted by molar-refractivity contribution is 0.0493. The number of ether oxygens (including phenoxy) is 1. The van der Waals surface area contributed by atoms with Crippen molar-refractivity contribution in [2.75, 3.05) is 6.61 Å². The number of unbranched alkanes of at least 4 members (excludes halogenated alkanes) is 1. The van der Waals surface area contributed by atoms with E-state index >= 15 is 0 Å². The molecule has 2 aromatic heterocycles. The Kier molecular flexibility index (Phi) is 4.22. The van der Waals surface area contributed by atoms with E-state index in [-0.39, 0.29) is 5.97 Å². The van der Waals surface area contributed by atoms with Crippen LogP contribution >= 0.6 is 0 Å². The maximum atomic E-state index is 12.0. The van der Waals surface area contributed by atoms with Crippen molar-refractivity contribution < 1.29 is 9.53 Å². The first-order valence-electron chi connectivity index (χ1n) is 7.87. The van der Waals surface area contributed by atoms with Crippen LogP contribution in [0.2, 0.25) is 0 Å². The summed E-state index contributed by atoms with van der Waals surface area (Å²) in [5.74, 6) is 0.249. The van der Waals surface area contributed by atoms with Gasteiger partial charge in [-0.2, -0.15) is 0 Å². The summed E-state index contributed by atoms with van der Waals surface area (Å²) in [6.07, 6.45) is 9.88. The molecule has 1 aliphatic carbocycles. The summed E-state index contributed by atoms with van der Waals surface area (Å²) in [5, 5.41) is 0. The lowest BCUT2D eigenvalue weighted by Crippen LogP contribution is -2.10. The van der Waals surface area contributed by atoms with Gasteiger partial charge in [0.2, 0.25) is 0 Å². The fourth-order valence-corrected chi connectivity index (χ4v) is 2.35. The second-order valence-corrected chi connectivity index (χ2v) is 5.83. The molecule has 0 N–H and O–H groups in total. The van der Waals surface area contributed by atoms with Gasteiger partial charge in [-0.1, -0.05) is 13.3 Å². The molecular weight excluding hydrogens is 278 g/mol. The Bertz CT molecular complexity index is 674. The number of carbonyl (C=O) groups excluding carboxylic acids is 1. The molecule has 1 saturated carbocycles. The molecule has 3 rings (SSSR count). The van der Waals surface area contributed by atoms with Crippen molar-refractivity contribution in [1.82, 2.24) is 14.5 Å². The maximum Gasteiger partial charge on any atom is 0.356 e. The van der Waals surface area contributed by atoms with Gasteiger partial charge in [0, 0.05) is 18.3 Å². The largest absolute Gasteiger partial charge is 0.461 e. The van der Waals surface area contributed by atoms with Gasteiger partial charge in [0.1, 0.15) is 5.69 Å². The zero-order valence-electron chi connectivity index (χ0n) is 13.1. The van der Waals surface area contributed by atoms with Crippen LogP contribution in [0.15, 0.2) is 24.8 Å². The molecular formula is C17H21N3O2. The van der Waals surface area contributed by atoms with E-state index in [0.29, 0.717) is 18.2 Å². The molecule has 2 aromatic rings. The minimum Gasteiger partial charge on any atom is -0.461 e. The predicted molar refractivity (Wildman–Crippen MR) is 83.3 cm³/mol. The molecule has 0 atom stereocenters. The molecule has 0 bridgehead atoms. The molecule has 116 valence electrons. The molecule has 0 amide bonds. The normalized spacial score (nSPS) is 14.1. The van der Waals surface area contributed by atoms with E-state index in [0.717, 1.165) is 29.8 Å². The Morgan fingerprint density at radius 2 is 2.23 bits per heavy atom. The number of imidazole rings is 1. The summed E-state index contributed by atoms with van der Waals surface area (Å²) in [4.78, 5) is 20.7. The molecule has 0 aliphatic heterocycles. The summed E-state index contributed by atoms with van der Waals surface area (Å²) in [6.45, 7) is 4.48. The summed E-state index contributed by atoms with van der Waals surface area (Å²) >= 11 is 0. The minimum absolute atomic E-state index is 0.346. The van der Waals surface area contributed by atoms with Crippen LogP contribution in [0.25, 0.3) is 5.69 Å². The highest BCUT2D eigenvalue weighted by molar-refractivity contribution is 5.88. The van der Waals surface area contributed by atoms with Gasteiger partial charge in [0.05, 0.1) is 24.3 Å². The monoisotopic (exact) mass is 299 g/mol. The maximum absolute atomic E-state index is 12.0. The van der Waals surface area contributed by atoms with E-state index in [9.17, 15) is 4.79 Å². The van der Waals surface area contributed by atoms with Gasteiger partial charge in [0.25, 0.3) is 0 Å². The highest BCUT2D eigenvalue weighted by atomic mass is 16.5. The van der Waals surface area contributed by atoms with Crippen LogP contribution in [0.5, 0.6) is 0 Å². The van der Waals surface area contributed by atoms with Crippen molar-refractivity contribution >= 4 is 5.97 Å². The molecule has 22 heavy (non-hydrogen) atoms. The summed E-state index contributed by atoms with van der Waals surface area (Å²) in [6, 6.07) is 1.78. The quantitative estimate of drug-likeness (QED) is 0.606. The van der Waals surface area contributed by atoms with Gasteiger partial charge < -0.3 is 9.30 Å². The molecule has 2 heterocycles. The fourth-order valence-electron chi connectivity index (χ4n) is 2.35. The Morgan fingerprint density at radius 1 is 1.41 bits per heavy atom. The first kappa shape index (κ1) is 14.8. The van der Waals surface area contributed by atoms with E-state index in [1.165, 1.54) is 12.8 Å². The summed E-state index contributed by atoms with van der Waals surface area (Å²) in [5.41, 5.74) is 3.41. The third-order valence-electron chi connectivity index (χ3n) is 3.89. The zero-order chi connectivity index (χ0) is 15.5. The van der Waals surface area contributed by atoms with Crippen molar-refractivity contribution in [3.8, 4) is 5.69 Å². The molecule has 0 spiro atoms. The van der Waals surface area contributed by atoms with Crippen LogP contribution in [0, 0.1) is 6.92 Å². The minimum atomic E-state index is -0.364. The second-order valence-electron chi connectivity index (χ2n) is 5.83. The Balaban J connectivity index is 1.80. The van der Waals surface area contributed by atoms with Gasteiger partial charge in [-0.3, -0.25) is 0 Å². The van der Waals surface area contributed by atoms with Gasteiger partial charge >= 0.3 is 5.97 Å². The highest BCUT2D eigenvalue weighted by Crippen LogP contribution is 2.39. The molecule has 1 fully saturated rings. The zero-order valence-corrected chi connectivity index (χ0v) is 13.1. The number of rotatable bonds is 6. The molecule has 0 radical (unpaired) electrons. The number of aryl methyl sites for hydroxylation is 1. The standard InChI is InChI=1S/C17H21N3O2/c1-3-4-7-22-17(21)14-8-16(12(2)9-18-14)20-10-15(19-11-20)13-5-6-13/h8-11,13H,3-7H2,1-2H3. The van der Waals surface area contributed by atoms with Crippen LogP contribution in [-0.4, -0.2) is 27.1 Å². The van der Waals surface area contributed by atoms with Crippen molar-refractivity contribution in [3.05, 3.63) is 41.7 Å². The Hall–Kier alpha value is -2.17. The summed E-state index contributed by atoms with van der Waals surface area (Å²) < 4.78 is 7.19. The van der Waals surface area contributed by atoms with Crippen LogP contribution in [0.4, 0.5) is 0 Å². The SMILES string of the molecule is CCCCOC(=O)c1cc(-n2cnc(C3CC3)c2)c(C)cn1. The van der Waals surface area contributed by atoms with E-state index in [4.69, 9.17) is 4.74 Å². The molecule has 0 aromatic carbocycles. The lowest BCUT2D eigenvalue weighted by Gasteiger charge is -2.09. The lowest BCUT2D eigenvalue weighted by atomic mass is 10.2. The van der Waals surface area contributed by atoms with Gasteiger partial charge in [0.15, 0.2) is 0 Å². The Morgan fingerprint density at radius 3 is 2.95 bits per heavy atom. The van der Waals surface area contributed by atoms with Crippen molar-refractivity contribution in [1.29, 1.82) is 0 Å². The average molecular weight is 299 g/mol. The molecule has 5 nitrogen and oxygen atoms in total. The van der Waals surface area contributed by atoms with Crippen molar-refractivity contribution in [2.24, 2.45) is 0 Å². The molecule has 5 heteroatoms. The number of nitrogens with zero attached hydrogens (tertiary/aromatic N) is 3. The predicted octanol–water partition coefficient (Wildman–Crippen LogP) is 3.41. The summed E-state index contributed by atoms with van der Waals surface area (Å²) in [7, 11) is 0. The van der Waals surface area contributed by atoms with E-state index in [2.05, 4.69) is 16.9 Å². The van der Waals surface area contributed by atoms with Crippen molar-refractivity contribution in [3.63, 3.8) is 0 Å². The molecule has 0 saturated heterocycles. The number of hydrogen-bond donors (Lipinski definition) is 0. The van der Waals surface area contributed by atoms with Gasteiger partial charge in [-0.25, -0.2) is 14.8 Å². The number of aromatic nitrogens is 3. The number of carbonyl (C=O) groups is 1. The van der Waals surface area contributed by atoms with Crippen molar-refractivity contribution in [2.45, 2.75) is 45.4 Å². The van der Waals surface area contributed by atoms with Crippen LogP contribution in [0.1, 0.15) is 60.3 Å². The van der Waals surface area contributed by atoms with Gasteiger partial charge in [-0.15, -0.1) is 0 Å². The topological polar surface area (TPSA) is 57.0 Å². The fraction of sp³-hybridized carbons (Fsp3) is 0.471. The van der Waals surface area contributed by atoms with Crippen LogP contribution in [-0.2, 0) is 4.74 Å². The molecule has 0 unspecified atom stereocenters. The van der Waals surface area contributed by atoms with E-state index in [1.54, 1.807) is 12.3 Å². The number of pyridine rings is 1. The first-order chi connectivity index (χ1) is 10.7. The van der Waals surface area contributed by atoms with E-state index < -0.39 is 0 Å². The smallest absolute Gasteiger partial charge is 0.356 e. The van der Waals surface area contributed by atoms with Crippen LogP contribution < -0.4 is 0 Å². The average Bonchev–Trinajstić information content (AvgIpc) is 3.26. The third-order valence-corrected chi connectivity index (χ3v) is 3.89. The highest BCUT2D eigenvalue weighted by Gasteiger charge is 2.26. The Labute approximate surface area is 130 Å². The first-order valence-corrected chi connectivity index (χ1v) is 7.87. The van der Waals surface area contributed by atoms with Gasteiger partial charge in [-0.05, 0) is 37.8 Å². The van der Waals surface area contributed by atoms with E-state index in [1.807, 2.05) is 24.0 Å². The van der Waals surface area contributed by atoms with Crippen LogP contribution in [0.3, 0.4) is 0 Å². The molecule has 1 aliphatic rings. The number of esters is 1. The third kappa shape index (κ3) is 3.18.